The lowest BCUT2D eigenvalue weighted by molar-refractivity contribution is 0.193. The molecule has 1 aliphatic carbocycles. The first-order chi connectivity index (χ1) is 7.70. The summed E-state index contributed by atoms with van der Waals surface area (Å²) in [5.41, 5.74) is 3.11. The van der Waals surface area contributed by atoms with Crippen LogP contribution in [0.5, 0.6) is 5.75 Å². The van der Waals surface area contributed by atoms with Gasteiger partial charge in [-0.3, -0.25) is 0 Å². The largest absolute Gasteiger partial charge is 0.508 e. The average molecular weight is 217 g/mol. The SMILES string of the molecule is CC12CCNCC1CCc1ccc(O)cc12. The summed E-state index contributed by atoms with van der Waals surface area (Å²) >= 11 is 0. The van der Waals surface area contributed by atoms with Gasteiger partial charge in [0.25, 0.3) is 0 Å². The summed E-state index contributed by atoms with van der Waals surface area (Å²) in [6.45, 7) is 4.60. The Kier molecular flexibility index (Phi) is 2.21. The fourth-order valence-corrected chi connectivity index (χ4v) is 3.47. The Labute approximate surface area is 96.7 Å². The second-order valence-electron chi connectivity index (χ2n) is 5.45. The number of aryl methyl sites for hydroxylation is 1. The van der Waals surface area contributed by atoms with Crippen molar-refractivity contribution < 1.29 is 5.11 Å². The van der Waals surface area contributed by atoms with Crippen molar-refractivity contribution in [2.45, 2.75) is 31.6 Å². The van der Waals surface area contributed by atoms with E-state index >= 15 is 0 Å². The van der Waals surface area contributed by atoms with Gasteiger partial charge in [0.2, 0.25) is 0 Å². The van der Waals surface area contributed by atoms with Gasteiger partial charge < -0.3 is 10.4 Å². The summed E-state index contributed by atoms with van der Waals surface area (Å²) in [4.78, 5) is 0. The molecule has 2 unspecified atom stereocenters. The van der Waals surface area contributed by atoms with Crippen LogP contribution >= 0.6 is 0 Å². The van der Waals surface area contributed by atoms with E-state index in [1.165, 1.54) is 24.0 Å². The molecule has 1 aromatic rings. The molecule has 2 heteroatoms. The Balaban J connectivity index is 2.11. The number of hydrogen-bond acceptors (Lipinski definition) is 2. The molecule has 2 N–H and O–H groups in total. The molecule has 1 fully saturated rings. The average Bonchev–Trinajstić information content (AvgIpc) is 2.29. The number of fused-ring (bicyclic) bond motifs is 3. The third-order valence-corrected chi connectivity index (χ3v) is 4.58. The molecular weight excluding hydrogens is 198 g/mol. The molecule has 0 amide bonds. The summed E-state index contributed by atoms with van der Waals surface area (Å²) in [7, 11) is 0. The smallest absolute Gasteiger partial charge is 0.115 e. The van der Waals surface area contributed by atoms with Crippen LogP contribution in [0.3, 0.4) is 0 Å². The van der Waals surface area contributed by atoms with Crippen molar-refractivity contribution in [2.24, 2.45) is 5.92 Å². The summed E-state index contributed by atoms with van der Waals surface area (Å²) in [6.07, 6.45) is 3.63. The van der Waals surface area contributed by atoms with Crippen molar-refractivity contribution in [3.63, 3.8) is 0 Å². The zero-order valence-electron chi connectivity index (χ0n) is 9.79. The van der Waals surface area contributed by atoms with Gasteiger partial charge in [0, 0.05) is 0 Å². The third-order valence-electron chi connectivity index (χ3n) is 4.58. The zero-order chi connectivity index (χ0) is 11.2. The van der Waals surface area contributed by atoms with Crippen molar-refractivity contribution in [1.82, 2.24) is 5.32 Å². The van der Waals surface area contributed by atoms with Crippen molar-refractivity contribution in [1.29, 1.82) is 0 Å². The Morgan fingerprint density at radius 2 is 2.31 bits per heavy atom. The monoisotopic (exact) mass is 217 g/mol. The molecule has 1 saturated heterocycles. The highest BCUT2D eigenvalue weighted by Gasteiger charge is 2.41. The molecule has 16 heavy (non-hydrogen) atoms. The molecule has 0 bridgehead atoms. The summed E-state index contributed by atoms with van der Waals surface area (Å²) in [5, 5.41) is 13.2. The van der Waals surface area contributed by atoms with E-state index in [0.717, 1.165) is 25.4 Å². The second kappa shape index (κ2) is 3.49. The highest BCUT2D eigenvalue weighted by molar-refractivity contribution is 5.42. The number of nitrogens with one attached hydrogen (secondary N) is 1. The maximum atomic E-state index is 9.68. The number of benzene rings is 1. The number of piperidine rings is 1. The minimum atomic E-state index is 0.275. The van der Waals surface area contributed by atoms with E-state index in [4.69, 9.17) is 0 Å². The van der Waals surface area contributed by atoms with Crippen LogP contribution in [0.2, 0.25) is 0 Å². The van der Waals surface area contributed by atoms with Crippen molar-refractivity contribution in [3.05, 3.63) is 29.3 Å². The molecule has 86 valence electrons. The van der Waals surface area contributed by atoms with Gasteiger partial charge in [0.05, 0.1) is 0 Å². The molecule has 3 rings (SSSR count). The molecular formula is C14H19NO. The summed E-state index contributed by atoms with van der Waals surface area (Å²) in [6, 6.07) is 5.92. The number of phenols is 1. The lowest BCUT2D eigenvalue weighted by atomic mass is 9.61. The highest BCUT2D eigenvalue weighted by Crippen LogP contribution is 2.45. The molecule has 2 aliphatic rings. The first-order valence-electron chi connectivity index (χ1n) is 6.23. The van der Waals surface area contributed by atoms with Crippen LogP contribution in [0.4, 0.5) is 0 Å². The third kappa shape index (κ3) is 1.36. The van der Waals surface area contributed by atoms with E-state index < -0.39 is 0 Å². The Morgan fingerprint density at radius 3 is 3.19 bits per heavy atom. The Hall–Kier alpha value is -1.02. The topological polar surface area (TPSA) is 32.3 Å². The van der Waals surface area contributed by atoms with Crippen LogP contribution in [0, 0.1) is 5.92 Å². The molecule has 2 nitrogen and oxygen atoms in total. The lowest BCUT2D eigenvalue weighted by Crippen LogP contribution is -2.48. The van der Waals surface area contributed by atoms with Crippen LogP contribution < -0.4 is 5.32 Å². The molecule has 1 heterocycles. The van der Waals surface area contributed by atoms with Gasteiger partial charge in [-0.15, -0.1) is 0 Å². The first-order valence-corrected chi connectivity index (χ1v) is 6.23. The first kappa shape index (κ1) is 10.2. The minimum absolute atomic E-state index is 0.275. The predicted molar refractivity (Wildman–Crippen MR) is 64.8 cm³/mol. The van der Waals surface area contributed by atoms with Crippen LogP contribution in [-0.2, 0) is 11.8 Å². The molecule has 1 aliphatic heterocycles. The summed E-state index contributed by atoms with van der Waals surface area (Å²) < 4.78 is 0. The van der Waals surface area contributed by atoms with E-state index in [9.17, 15) is 5.11 Å². The molecule has 0 aromatic heterocycles. The molecule has 1 aromatic carbocycles. The zero-order valence-corrected chi connectivity index (χ0v) is 9.79. The van der Waals surface area contributed by atoms with E-state index in [-0.39, 0.29) is 5.41 Å². The van der Waals surface area contributed by atoms with E-state index in [1.807, 2.05) is 12.1 Å². The number of aromatic hydroxyl groups is 1. The quantitative estimate of drug-likeness (QED) is 0.698. The molecule has 0 saturated carbocycles. The minimum Gasteiger partial charge on any atom is -0.508 e. The lowest BCUT2D eigenvalue weighted by Gasteiger charge is -2.46. The molecule has 0 radical (unpaired) electrons. The van der Waals surface area contributed by atoms with Crippen molar-refractivity contribution >= 4 is 0 Å². The normalized spacial score (nSPS) is 32.9. The molecule has 0 spiro atoms. The molecule has 2 atom stereocenters. The van der Waals surface area contributed by atoms with Crippen LogP contribution in [-0.4, -0.2) is 18.2 Å². The van der Waals surface area contributed by atoms with E-state index in [1.54, 1.807) is 0 Å². The second-order valence-corrected chi connectivity index (χ2v) is 5.45. The predicted octanol–water partition coefficient (Wildman–Crippen LogP) is 2.21. The van der Waals surface area contributed by atoms with Crippen LogP contribution in [0.15, 0.2) is 18.2 Å². The maximum Gasteiger partial charge on any atom is 0.115 e. The standard InChI is InChI=1S/C14H19NO/c1-14-6-7-15-9-11(14)4-2-10-3-5-12(16)8-13(10)14/h3,5,8,11,15-16H,2,4,6-7,9H2,1H3. The van der Waals surface area contributed by atoms with Crippen molar-refractivity contribution in [2.75, 3.05) is 13.1 Å². The maximum absolute atomic E-state index is 9.68. The van der Waals surface area contributed by atoms with Crippen LogP contribution in [0.25, 0.3) is 0 Å². The summed E-state index contributed by atoms with van der Waals surface area (Å²) in [5.74, 6) is 1.15. The van der Waals surface area contributed by atoms with Crippen molar-refractivity contribution in [3.8, 4) is 5.75 Å². The van der Waals surface area contributed by atoms with Gasteiger partial charge >= 0.3 is 0 Å². The number of rotatable bonds is 0. The van der Waals surface area contributed by atoms with Gasteiger partial charge in [0.15, 0.2) is 0 Å². The fourth-order valence-electron chi connectivity index (χ4n) is 3.47. The number of hydrogen-bond donors (Lipinski definition) is 2. The Morgan fingerprint density at radius 1 is 1.44 bits per heavy atom. The Bertz CT molecular complexity index is 415. The van der Waals surface area contributed by atoms with Gasteiger partial charge in [-0.1, -0.05) is 13.0 Å². The van der Waals surface area contributed by atoms with Gasteiger partial charge in [-0.05, 0) is 66.9 Å². The number of phenolic OH excluding ortho intramolecular Hbond substituents is 1. The fraction of sp³-hybridized carbons (Fsp3) is 0.571. The van der Waals surface area contributed by atoms with Gasteiger partial charge in [-0.2, -0.15) is 0 Å². The van der Waals surface area contributed by atoms with Gasteiger partial charge in [0.1, 0.15) is 5.75 Å². The van der Waals surface area contributed by atoms with E-state index in [2.05, 4.69) is 18.3 Å². The van der Waals surface area contributed by atoms with Crippen LogP contribution in [0.1, 0.15) is 30.9 Å². The van der Waals surface area contributed by atoms with E-state index in [0.29, 0.717) is 5.75 Å². The highest BCUT2D eigenvalue weighted by atomic mass is 16.3. The van der Waals surface area contributed by atoms with Gasteiger partial charge in [-0.25, -0.2) is 0 Å².